The fraction of sp³-hybridized carbons (Fsp3) is 0.600. The molecule has 4 nitrogen and oxygen atoms in total. The highest BCUT2D eigenvalue weighted by molar-refractivity contribution is 7.16. The van der Waals surface area contributed by atoms with E-state index in [4.69, 9.17) is 5.73 Å². The highest BCUT2D eigenvalue weighted by Crippen LogP contribution is 2.43. The highest BCUT2D eigenvalue weighted by atomic mass is 32.1. The van der Waals surface area contributed by atoms with Gasteiger partial charge in [0.05, 0.1) is 10.6 Å². The van der Waals surface area contributed by atoms with Crippen LogP contribution in [0.5, 0.6) is 0 Å². The number of aromatic nitrogens is 3. The minimum atomic E-state index is 0.568. The molecule has 0 saturated heterocycles. The number of fused-ring (bicyclic) bond motifs is 1. The van der Waals surface area contributed by atoms with Crippen LogP contribution in [0.2, 0.25) is 0 Å². The van der Waals surface area contributed by atoms with Gasteiger partial charge in [0.2, 0.25) is 0 Å². The maximum atomic E-state index is 6.32. The van der Waals surface area contributed by atoms with E-state index < -0.39 is 0 Å². The Morgan fingerprint density at radius 2 is 1.95 bits per heavy atom. The van der Waals surface area contributed by atoms with Gasteiger partial charge >= 0.3 is 0 Å². The lowest BCUT2D eigenvalue weighted by Gasteiger charge is -2.16. The summed E-state index contributed by atoms with van der Waals surface area (Å²) in [6.45, 7) is 0. The Labute approximate surface area is 123 Å². The van der Waals surface area contributed by atoms with E-state index in [2.05, 4.69) is 14.8 Å². The van der Waals surface area contributed by atoms with Crippen LogP contribution in [0, 0.1) is 0 Å². The molecule has 0 aliphatic heterocycles. The molecule has 1 saturated carbocycles. The summed E-state index contributed by atoms with van der Waals surface area (Å²) in [5.74, 6) is 1.01. The fourth-order valence-corrected chi connectivity index (χ4v) is 4.86. The normalized spacial score (nSPS) is 19.4. The molecule has 0 bridgehead atoms. The Balaban J connectivity index is 1.81. The highest BCUT2D eigenvalue weighted by Gasteiger charge is 2.26. The summed E-state index contributed by atoms with van der Waals surface area (Å²) in [4.78, 5) is 1.48. The molecule has 4 rings (SSSR count). The zero-order chi connectivity index (χ0) is 13.5. The van der Waals surface area contributed by atoms with Gasteiger partial charge in [0.15, 0.2) is 5.82 Å². The van der Waals surface area contributed by atoms with Crippen LogP contribution < -0.4 is 5.73 Å². The van der Waals surface area contributed by atoms with Gasteiger partial charge < -0.3 is 10.3 Å². The molecule has 0 radical (unpaired) electrons. The molecule has 20 heavy (non-hydrogen) atoms. The van der Waals surface area contributed by atoms with Crippen LogP contribution in [-0.4, -0.2) is 14.8 Å². The molecule has 2 aliphatic carbocycles. The van der Waals surface area contributed by atoms with Gasteiger partial charge in [-0.1, -0.05) is 12.8 Å². The fourth-order valence-electron chi connectivity index (χ4n) is 3.70. The number of rotatable bonds is 2. The number of nitrogen functional groups attached to an aromatic ring is 1. The molecule has 2 aromatic rings. The Morgan fingerprint density at radius 3 is 2.80 bits per heavy atom. The summed E-state index contributed by atoms with van der Waals surface area (Å²) >= 11 is 1.76. The summed E-state index contributed by atoms with van der Waals surface area (Å²) in [5.41, 5.74) is 8.96. The second-order valence-corrected chi connectivity index (χ2v) is 7.09. The molecular formula is C15H20N4S. The molecule has 2 heterocycles. The monoisotopic (exact) mass is 288 g/mol. The molecule has 0 spiro atoms. The first-order valence-corrected chi connectivity index (χ1v) is 8.46. The first-order chi connectivity index (χ1) is 9.84. The van der Waals surface area contributed by atoms with Crippen LogP contribution in [0.4, 0.5) is 5.00 Å². The van der Waals surface area contributed by atoms with E-state index in [1.54, 1.807) is 11.3 Å². The van der Waals surface area contributed by atoms with Gasteiger partial charge in [-0.15, -0.1) is 21.5 Å². The van der Waals surface area contributed by atoms with Crippen LogP contribution >= 0.6 is 11.3 Å². The Hall–Kier alpha value is -1.36. The van der Waals surface area contributed by atoms with Crippen molar-refractivity contribution in [3.05, 3.63) is 16.8 Å². The standard InChI is InChI=1S/C15H20N4S/c16-14-13(11-7-3-4-8-12(11)20-14)15-18-17-9-19(15)10-5-1-2-6-10/h9-10H,1-8,16H2. The van der Waals surface area contributed by atoms with Crippen molar-refractivity contribution in [1.82, 2.24) is 14.8 Å². The maximum Gasteiger partial charge on any atom is 0.167 e. The van der Waals surface area contributed by atoms with E-state index >= 15 is 0 Å². The zero-order valence-electron chi connectivity index (χ0n) is 11.6. The summed E-state index contributed by atoms with van der Waals surface area (Å²) in [6.07, 6.45) is 11.9. The average molecular weight is 288 g/mol. The molecule has 0 atom stereocenters. The SMILES string of the molecule is Nc1sc2c(c1-c1nncn1C1CCCC1)CCCC2. The number of hydrogen-bond acceptors (Lipinski definition) is 4. The third-order valence-corrected chi connectivity index (χ3v) is 5.83. The minimum Gasteiger partial charge on any atom is -0.390 e. The molecule has 2 aliphatic rings. The lowest BCUT2D eigenvalue weighted by molar-refractivity contribution is 0.521. The summed E-state index contributed by atoms with van der Waals surface area (Å²) in [6, 6.07) is 0.568. The van der Waals surface area contributed by atoms with Crippen molar-refractivity contribution in [2.75, 3.05) is 5.73 Å². The van der Waals surface area contributed by atoms with Crippen molar-refractivity contribution in [2.24, 2.45) is 0 Å². The third-order valence-electron chi connectivity index (χ3n) is 4.71. The first-order valence-electron chi connectivity index (χ1n) is 7.64. The smallest absolute Gasteiger partial charge is 0.167 e. The molecular weight excluding hydrogens is 268 g/mol. The molecule has 1 fully saturated rings. The molecule has 5 heteroatoms. The van der Waals surface area contributed by atoms with Crippen molar-refractivity contribution in [3.63, 3.8) is 0 Å². The third kappa shape index (κ3) is 1.87. The van der Waals surface area contributed by atoms with Crippen LogP contribution in [0.3, 0.4) is 0 Å². The first kappa shape index (κ1) is 12.4. The van der Waals surface area contributed by atoms with E-state index in [9.17, 15) is 0 Å². The van der Waals surface area contributed by atoms with Crippen LogP contribution in [0.15, 0.2) is 6.33 Å². The molecule has 0 aromatic carbocycles. The maximum absolute atomic E-state index is 6.32. The second kappa shape index (κ2) is 4.88. The topological polar surface area (TPSA) is 56.7 Å². The van der Waals surface area contributed by atoms with Gasteiger partial charge in [-0.3, -0.25) is 0 Å². The predicted molar refractivity (Wildman–Crippen MR) is 81.9 cm³/mol. The predicted octanol–water partition coefficient (Wildman–Crippen LogP) is 3.58. The molecule has 106 valence electrons. The number of nitrogens with zero attached hydrogens (tertiary/aromatic N) is 3. The van der Waals surface area contributed by atoms with Gasteiger partial charge in [0.25, 0.3) is 0 Å². The largest absolute Gasteiger partial charge is 0.390 e. The Morgan fingerprint density at radius 1 is 1.15 bits per heavy atom. The van der Waals surface area contributed by atoms with E-state index in [0.717, 1.165) is 17.2 Å². The number of nitrogens with two attached hydrogens (primary N) is 1. The van der Waals surface area contributed by atoms with Crippen LogP contribution in [0.25, 0.3) is 11.4 Å². The molecule has 2 N–H and O–H groups in total. The minimum absolute atomic E-state index is 0.568. The van der Waals surface area contributed by atoms with E-state index in [0.29, 0.717) is 6.04 Å². The number of anilines is 1. The molecule has 0 unspecified atom stereocenters. The van der Waals surface area contributed by atoms with Gasteiger partial charge in [0.1, 0.15) is 6.33 Å². The summed E-state index contributed by atoms with van der Waals surface area (Å²) < 4.78 is 2.28. The Kier molecular flexibility index (Phi) is 3.02. The van der Waals surface area contributed by atoms with Crippen molar-refractivity contribution in [2.45, 2.75) is 57.4 Å². The number of aryl methyl sites for hydroxylation is 1. The van der Waals surface area contributed by atoms with Gasteiger partial charge in [-0.25, -0.2) is 0 Å². The van der Waals surface area contributed by atoms with Crippen LogP contribution in [0.1, 0.15) is 55.0 Å². The van der Waals surface area contributed by atoms with E-state index in [-0.39, 0.29) is 0 Å². The number of hydrogen-bond donors (Lipinski definition) is 1. The lowest BCUT2D eigenvalue weighted by atomic mass is 9.95. The molecule has 2 aromatic heterocycles. The van der Waals surface area contributed by atoms with Gasteiger partial charge in [-0.05, 0) is 44.1 Å². The van der Waals surface area contributed by atoms with Crippen molar-refractivity contribution in [3.8, 4) is 11.4 Å². The van der Waals surface area contributed by atoms with E-state index in [1.165, 1.54) is 60.9 Å². The molecule has 0 amide bonds. The summed E-state index contributed by atoms with van der Waals surface area (Å²) in [7, 11) is 0. The quantitative estimate of drug-likeness (QED) is 0.919. The van der Waals surface area contributed by atoms with Crippen molar-refractivity contribution in [1.29, 1.82) is 0 Å². The summed E-state index contributed by atoms with van der Waals surface area (Å²) in [5, 5.41) is 9.52. The van der Waals surface area contributed by atoms with E-state index in [1.807, 2.05) is 6.33 Å². The Bertz CT molecular complexity index is 622. The van der Waals surface area contributed by atoms with Gasteiger partial charge in [0, 0.05) is 10.9 Å². The van der Waals surface area contributed by atoms with Crippen molar-refractivity contribution >= 4 is 16.3 Å². The zero-order valence-corrected chi connectivity index (χ0v) is 12.5. The second-order valence-electron chi connectivity index (χ2n) is 5.95. The van der Waals surface area contributed by atoms with Crippen LogP contribution in [-0.2, 0) is 12.8 Å². The lowest BCUT2D eigenvalue weighted by Crippen LogP contribution is -2.08. The van der Waals surface area contributed by atoms with Crippen molar-refractivity contribution < 1.29 is 0 Å². The number of thiophene rings is 1. The average Bonchev–Trinajstić information content (AvgIpc) is 3.16. The van der Waals surface area contributed by atoms with Gasteiger partial charge in [-0.2, -0.15) is 0 Å².